The Morgan fingerprint density at radius 2 is 1.91 bits per heavy atom. The third-order valence-electron chi connectivity index (χ3n) is 5.70. The van der Waals surface area contributed by atoms with Crippen molar-refractivity contribution in [2.45, 2.75) is 12.1 Å². The summed E-state index contributed by atoms with van der Waals surface area (Å²) in [6.45, 7) is 0. The fourth-order valence-electron chi connectivity index (χ4n) is 4.13. The summed E-state index contributed by atoms with van der Waals surface area (Å²) in [4.78, 5) is 18.2. The van der Waals surface area contributed by atoms with E-state index in [4.69, 9.17) is 21.4 Å². The first-order valence-electron chi connectivity index (χ1n) is 10.6. The number of aromatic nitrogens is 1. The minimum atomic E-state index is -0.489. The van der Waals surface area contributed by atoms with E-state index in [0.717, 1.165) is 11.3 Å². The van der Waals surface area contributed by atoms with E-state index >= 15 is 0 Å². The maximum absolute atomic E-state index is 14.8. The molecule has 2 atom stereocenters. The van der Waals surface area contributed by atoms with Gasteiger partial charge in [0.15, 0.2) is 5.11 Å². The average molecular weight is 474 g/mol. The Labute approximate surface area is 201 Å². The van der Waals surface area contributed by atoms with Crippen LogP contribution in [0.15, 0.2) is 89.5 Å². The Morgan fingerprint density at radius 1 is 1.09 bits per heavy atom. The number of nitrogens with one attached hydrogen (secondary N) is 1. The summed E-state index contributed by atoms with van der Waals surface area (Å²) in [5, 5.41) is 3.65. The van der Waals surface area contributed by atoms with Crippen LogP contribution in [0.2, 0.25) is 0 Å². The van der Waals surface area contributed by atoms with Crippen LogP contribution >= 0.6 is 12.2 Å². The second-order valence-electron chi connectivity index (χ2n) is 7.72. The quantitative estimate of drug-likeness (QED) is 0.306. The zero-order valence-corrected chi connectivity index (χ0v) is 19.0. The molecular formula is C26H20FN3O3S. The van der Waals surface area contributed by atoms with Gasteiger partial charge in [0.1, 0.15) is 23.4 Å². The minimum absolute atomic E-state index is 0.342. The first-order valence-corrected chi connectivity index (χ1v) is 11.0. The molecule has 1 N–H and O–H groups in total. The molecule has 1 saturated heterocycles. The number of rotatable bonds is 5. The maximum Gasteiger partial charge on any atom is 0.337 e. The molecule has 4 aromatic rings. The Morgan fingerprint density at radius 3 is 2.68 bits per heavy atom. The van der Waals surface area contributed by atoms with Crippen LogP contribution in [0.25, 0.3) is 11.3 Å². The largest absolute Gasteiger partial charge is 0.465 e. The molecule has 0 amide bonds. The van der Waals surface area contributed by atoms with Crippen LogP contribution in [0.4, 0.5) is 10.1 Å². The lowest BCUT2D eigenvalue weighted by molar-refractivity contribution is 0.0601. The highest BCUT2D eigenvalue weighted by molar-refractivity contribution is 7.80. The molecule has 6 nitrogen and oxygen atoms in total. The van der Waals surface area contributed by atoms with Gasteiger partial charge in [0, 0.05) is 11.8 Å². The summed E-state index contributed by atoms with van der Waals surface area (Å²) >= 11 is 5.62. The molecule has 0 radical (unpaired) electrons. The van der Waals surface area contributed by atoms with Crippen LogP contribution in [0.5, 0.6) is 0 Å². The van der Waals surface area contributed by atoms with Crippen molar-refractivity contribution >= 4 is 29.0 Å². The maximum atomic E-state index is 14.8. The van der Waals surface area contributed by atoms with Gasteiger partial charge >= 0.3 is 5.97 Å². The van der Waals surface area contributed by atoms with Crippen LogP contribution in [0.1, 0.15) is 33.9 Å². The Hall–Kier alpha value is -4.04. The van der Waals surface area contributed by atoms with Gasteiger partial charge in [0.25, 0.3) is 0 Å². The fourth-order valence-corrected chi connectivity index (χ4v) is 4.47. The first-order chi connectivity index (χ1) is 16.6. The van der Waals surface area contributed by atoms with Crippen molar-refractivity contribution in [3.05, 3.63) is 108 Å². The van der Waals surface area contributed by atoms with Crippen LogP contribution in [-0.2, 0) is 4.74 Å². The third kappa shape index (κ3) is 3.92. The molecule has 8 heteroatoms. The van der Waals surface area contributed by atoms with E-state index in [1.54, 1.807) is 47.5 Å². The van der Waals surface area contributed by atoms with Crippen molar-refractivity contribution in [1.82, 2.24) is 10.3 Å². The van der Waals surface area contributed by atoms with Gasteiger partial charge in [-0.1, -0.05) is 30.3 Å². The number of benzene rings is 2. The van der Waals surface area contributed by atoms with Crippen molar-refractivity contribution in [3.8, 4) is 11.3 Å². The van der Waals surface area contributed by atoms with Gasteiger partial charge in [-0.05, 0) is 60.7 Å². The molecule has 3 heterocycles. The molecule has 5 rings (SSSR count). The number of nitrogens with zero attached hydrogens (tertiary/aromatic N) is 2. The topological polar surface area (TPSA) is 67.6 Å². The summed E-state index contributed by atoms with van der Waals surface area (Å²) in [7, 11) is 1.34. The van der Waals surface area contributed by atoms with Crippen molar-refractivity contribution in [2.24, 2.45) is 0 Å². The van der Waals surface area contributed by atoms with E-state index in [0.29, 0.717) is 27.9 Å². The molecule has 170 valence electrons. The SMILES string of the molecule is COC(=O)c1cccc(-c2ccc([C@@H]3[C@H](c4ccccn4)NC(=S)N3c3ccccc3F)o2)c1. The Balaban J connectivity index is 1.59. The number of pyridine rings is 1. The molecule has 0 bridgehead atoms. The second-order valence-corrected chi connectivity index (χ2v) is 8.11. The van der Waals surface area contributed by atoms with Gasteiger partial charge in [-0.25, -0.2) is 9.18 Å². The van der Waals surface area contributed by atoms with Crippen molar-refractivity contribution in [3.63, 3.8) is 0 Å². The lowest BCUT2D eigenvalue weighted by Gasteiger charge is -2.26. The summed E-state index contributed by atoms with van der Waals surface area (Å²) in [5.41, 5.74) is 2.23. The molecule has 1 fully saturated rings. The van der Waals surface area contributed by atoms with Crippen LogP contribution in [0, 0.1) is 5.82 Å². The number of carbonyl (C=O) groups is 1. The standard InChI is InChI=1S/C26H20FN3O3S/c1-32-25(31)17-8-6-7-16(15-17)21-12-13-22(33-21)24-23(19-10-4-5-14-28-19)29-26(34)30(24)20-11-3-2-9-18(20)27/h2-15,23-24H,1H3,(H,29,34)/t23-,24+/m0/s1. The normalized spacial score (nSPS) is 17.5. The molecule has 0 unspecified atom stereocenters. The van der Waals surface area contributed by atoms with Crippen LogP contribution in [0.3, 0.4) is 0 Å². The molecule has 34 heavy (non-hydrogen) atoms. The van der Waals surface area contributed by atoms with E-state index < -0.39 is 17.8 Å². The summed E-state index contributed by atoms with van der Waals surface area (Å²) in [6.07, 6.45) is 1.70. The number of thiocarbonyl (C=S) groups is 1. The Kier molecular flexibility index (Phi) is 5.81. The molecule has 1 aliphatic heterocycles. The third-order valence-corrected chi connectivity index (χ3v) is 6.01. The summed E-state index contributed by atoms with van der Waals surface area (Å²) in [6, 6.07) is 21.9. The van der Waals surface area contributed by atoms with E-state index in [2.05, 4.69) is 10.3 Å². The second kappa shape index (κ2) is 9.07. The molecular weight excluding hydrogens is 453 g/mol. The van der Waals surface area contributed by atoms with Crippen LogP contribution < -0.4 is 10.2 Å². The van der Waals surface area contributed by atoms with Gasteiger partial charge in [0.05, 0.1) is 30.1 Å². The van der Waals surface area contributed by atoms with Gasteiger partial charge < -0.3 is 19.4 Å². The number of furan rings is 1. The fraction of sp³-hybridized carbons (Fsp3) is 0.115. The number of para-hydroxylation sites is 1. The first kappa shape index (κ1) is 21.8. The highest BCUT2D eigenvalue weighted by atomic mass is 32.1. The van der Waals surface area contributed by atoms with Crippen molar-refractivity contribution in [1.29, 1.82) is 0 Å². The number of carbonyl (C=O) groups excluding carboxylic acids is 1. The number of hydrogen-bond donors (Lipinski definition) is 1. The predicted molar refractivity (Wildman–Crippen MR) is 130 cm³/mol. The zero-order valence-electron chi connectivity index (χ0n) is 18.1. The molecule has 1 aliphatic rings. The lowest BCUT2D eigenvalue weighted by atomic mass is 10.0. The monoisotopic (exact) mass is 473 g/mol. The van der Waals surface area contributed by atoms with Crippen molar-refractivity contribution in [2.75, 3.05) is 12.0 Å². The van der Waals surface area contributed by atoms with E-state index in [9.17, 15) is 9.18 Å². The molecule has 0 aliphatic carbocycles. The van der Waals surface area contributed by atoms with E-state index in [-0.39, 0.29) is 6.04 Å². The highest BCUT2D eigenvalue weighted by Gasteiger charge is 2.43. The number of methoxy groups -OCH3 is 1. The number of hydrogen-bond acceptors (Lipinski definition) is 5. The zero-order chi connectivity index (χ0) is 23.7. The molecule has 2 aromatic carbocycles. The molecule has 0 saturated carbocycles. The van der Waals surface area contributed by atoms with E-state index in [1.165, 1.54) is 13.2 Å². The van der Waals surface area contributed by atoms with Gasteiger partial charge in [-0.3, -0.25) is 4.98 Å². The highest BCUT2D eigenvalue weighted by Crippen LogP contribution is 2.43. The number of esters is 1. The number of anilines is 1. The molecule has 0 spiro atoms. The number of ether oxygens (including phenoxy) is 1. The van der Waals surface area contributed by atoms with Gasteiger partial charge in [-0.15, -0.1) is 0 Å². The lowest BCUT2D eigenvalue weighted by Crippen LogP contribution is -2.30. The van der Waals surface area contributed by atoms with Gasteiger partial charge in [-0.2, -0.15) is 0 Å². The minimum Gasteiger partial charge on any atom is -0.465 e. The van der Waals surface area contributed by atoms with Crippen molar-refractivity contribution < 1.29 is 18.3 Å². The summed E-state index contributed by atoms with van der Waals surface area (Å²) in [5.74, 6) is 0.312. The predicted octanol–water partition coefficient (Wildman–Crippen LogP) is 5.44. The van der Waals surface area contributed by atoms with Gasteiger partial charge in [0.2, 0.25) is 0 Å². The Bertz CT molecular complexity index is 1360. The van der Waals surface area contributed by atoms with Crippen LogP contribution in [-0.4, -0.2) is 23.2 Å². The van der Waals surface area contributed by atoms with E-state index in [1.807, 2.05) is 36.4 Å². The average Bonchev–Trinajstić information content (AvgIpc) is 3.49. The molecule has 2 aromatic heterocycles. The summed E-state index contributed by atoms with van der Waals surface area (Å²) < 4.78 is 25.9. The smallest absolute Gasteiger partial charge is 0.337 e. The number of halogens is 1.